The van der Waals surface area contributed by atoms with Crippen molar-refractivity contribution in [3.8, 4) is 5.75 Å². The smallest absolute Gasteiger partial charge is 0.255 e. The fourth-order valence-corrected chi connectivity index (χ4v) is 1.21. The third kappa shape index (κ3) is 2.82. The van der Waals surface area contributed by atoms with Gasteiger partial charge in [-0.3, -0.25) is 9.59 Å². The normalized spacial score (nSPS) is 11.7. The first-order valence-corrected chi connectivity index (χ1v) is 5.00. The summed E-state index contributed by atoms with van der Waals surface area (Å²) in [4.78, 5) is 22.8. The Morgan fingerprint density at radius 3 is 2.50 bits per heavy atom. The molecule has 0 aliphatic heterocycles. The van der Waals surface area contributed by atoms with Gasteiger partial charge in [-0.1, -0.05) is 12.1 Å². The van der Waals surface area contributed by atoms with Crippen LogP contribution in [0.5, 0.6) is 5.75 Å². The molecule has 0 saturated heterocycles. The summed E-state index contributed by atoms with van der Waals surface area (Å²) in [5.74, 6) is 0.110. The molecule has 0 aliphatic rings. The predicted molar refractivity (Wildman–Crippen MR) is 60.6 cm³/mol. The van der Waals surface area contributed by atoms with Gasteiger partial charge in [0.05, 0.1) is 18.7 Å². The molecule has 0 heterocycles. The minimum atomic E-state index is -0.489. The minimum Gasteiger partial charge on any atom is -0.496 e. The Balaban J connectivity index is 2.84. The molecule has 1 N–H and O–H groups in total. The molecule has 4 heteroatoms. The van der Waals surface area contributed by atoms with Crippen LogP contribution < -0.4 is 10.1 Å². The van der Waals surface area contributed by atoms with Gasteiger partial charge in [0.2, 0.25) is 0 Å². The van der Waals surface area contributed by atoms with E-state index in [1.165, 1.54) is 14.0 Å². The summed E-state index contributed by atoms with van der Waals surface area (Å²) in [5.41, 5.74) is 0.429. The van der Waals surface area contributed by atoms with Crippen LogP contribution in [0.2, 0.25) is 0 Å². The van der Waals surface area contributed by atoms with Gasteiger partial charge < -0.3 is 10.1 Å². The number of rotatable bonds is 4. The van der Waals surface area contributed by atoms with Gasteiger partial charge in [0, 0.05) is 0 Å². The van der Waals surface area contributed by atoms with Crippen LogP contribution in [0.4, 0.5) is 0 Å². The highest BCUT2D eigenvalue weighted by molar-refractivity contribution is 5.99. The van der Waals surface area contributed by atoms with Crippen molar-refractivity contribution in [2.75, 3.05) is 7.11 Å². The quantitative estimate of drug-likeness (QED) is 0.836. The fourth-order valence-electron chi connectivity index (χ4n) is 1.21. The molecule has 4 nitrogen and oxygen atoms in total. The molecule has 1 aromatic carbocycles. The Hall–Kier alpha value is -1.84. The Morgan fingerprint density at radius 2 is 1.94 bits per heavy atom. The molecule has 0 radical (unpaired) electrons. The van der Waals surface area contributed by atoms with Crippen molar-refractivity contribution < 1.29 is 14.3 Å². The molecular formula is C12H15NO3. The maximum atomic E-state index is 11.8. The van der Waals surface area contributed by atoms with Gasteiger partial charge in [-0.2, -0.15) is 0 Å². The number of nitrogens with one attached hydrogen (secondary N) is 1. The van der Waals surface area contributed by atoms with Gasteiger partial charge in [0.15, 0.2) is 5.78 Å². The number of para-hydroxylation sites is 1. The van der Waals surface area contributed by atoms with Crippen LogP contribution in [0.3, 0.4) is 0 Å². The van der Waals surface area contributed by atoms with Crippen LogP contribution in [0, 0.1) is 0 Å². The predicted octanol–water partition coefficient (Wildman–Crippen LogP) is 1.40. The number of carbonyl (C=O) groups is 2. The van der Waals surface area contributed by atoms with Gasteiger partial charge in [-0.25, -0.2) is 0 Å². The van der Waals surface area contributed by atoms with E-state index in [0.29, 0.717) is 11.3 Å². The molecule has 1 rings (SSSR count). The number of carbonyl (C=O) groups excluding carboxylic acids is 2. The van der Waals surface area contributed by atoms with E-state index < -0.39 is 6.04 Å². The number of benzene rings is 1. The number of ether oxygens (including phenoxy) is 1. The van der Waals surface area contributed by atoms with Crippen molar-refractivity contribution in [3.05, 3.63) is 29.8 Å². The monoisotopic (exact) mass is 221 g/mol. The van der Waals surface area contributed by atoms with Crippen LogP contribution in [0.1, 0.15) is 24.2 Å². The van der Waals surface area contributed by atoms with E-state index in [4.69, 9.17) is 4.74 Å². The molecule has 0 spiro atoms. The second kappa shape index (κ2) is 5.30. The maximum Gasteiger partial charge on any atom is 0.255 e. The van der Waals surface area contributed by atoms with Crippen molar-refractivity contribution >= 4 is 11.7 Å². The second-order valence-electron chi connectivity index (χ2n) is 3.51. The number of methoxy groups -OCH3 is 1. The number of amides is 1. The summed E-state index contributed by atoms with van der Waals surface area (Å²) in [6.45, 7) is 3.09. The largest absolute Gasteiger partial charge is 0.496 e. The molecule has 0 aliphatic carbocycles. The molecule has 1 unspecified atom stereocenters. The van der Waals surface area contributed by atoms with Crippen molar-refractivity contribution in [1.29, 1.82) is 0 Å². The van der Waals surface area contributed by atoms with Crippen LogP contribution in [0.25, 0.3) is 0 Å². The van der Waals surface area contributed by atoms with Gasteiger partial charge in [-0.05, 0) is 26.0 Å². The van der Waals surface area contributed by atoms with Gasteiger partial charge in [0.25, 0.3) is 5.91 Å². The minimum absolute atomic E-state index is 0.0803. The lowest BCUT2D eigenvalue weighted by Crippen LogP contribution is -2.37. The van der Waals surface area contributed by atoms with Crippen molar-refractivity contribution in [3.63, 3.8) is 0 Å². The maximum absolute atomic E-state index is 11.8. The fraction of sp³-hybridized carbons (Fsp3) is 0.333. The van der Waals surface area contributed by atoms with E-state index in [0.717, 1.165) is 0 Å². The van der Waals surface area contributed by atoms with E-state index in [1.807, 2.05) is 0 Å². The molecule has 0 bridgehead atoms. The summed E-state index contributed by atoms with van der Waals surface area (Å²) in [7, 11) is 1.50. The van der Waals surface area contributed by atoms with E-state index in [2.05, 4.69) is 5.32 Å². The Bertz CT molecular complexity index is 401. The standard InChI is InChI=1S/C12H15NO3/c1-8(9(2)14)13-12(15)10-6-4-5-7-11(10)16-3/h4-8H,1-3H3,(H,13,15). The third-order valence-corrected chi connectivity index (χ3v) is 2.31. The lowest BCUT2D eigenvalue weighted by atomic mass is 10.1. The number of hydrogen-bond donors (Lipinski definition) is 1. The first-order chi connectivity index (χ1) is 7.56. The lowest BCUT2D eigenvalue weighted by molar-refractivity contribution is -0.118. The topological polar surface area (TPSA) is 55.4 Å². The Labute approximate surface area is 94.6 Å². The van der Waals surface area contributed by atoms with Gasteiger partial charge in [0.1, 0.15) is 5.75 Å². The summed E-state index contributed by atoms with van der Waals surface area (Å²) in [6, 6.07) is 6.39. The van der Waals surface area contributed by atoms with E-state index in [1.54, 1.807) is 31.2 Å². The van der Waals surface area contributed by atoms with E-state index >= 15 is 0 Å². The molecule has 1 amide bonds. The number of hydrogen-bond acceptors (Lipinski definition) is 3. The first kappa shape index (κ1) is 12.2. The van der Waals surface area contributed by atoms with Gasteiger partial charge >= 0.3 is 0 Å². The number of ketones is 1. The average Bonchev–Trinajstić information content (AvgIpc) is 2.28. The molecule has 1 atom stereocenters. The van der Waals surface area contributed by atoms with Crippen molar-refractivity contribution in [2.24, 2.45) is 0 Å². The zero-order valence-electron chi connectivity index (χ0n) is 9.61. The number of Topliss-reactive ketones (excluding diaryl/α,β-unsaturated/α-hetero) is 1. The van der Waals surface area contributed by atoms with Crippen LogP contribution in [-0.2, 0) is 4.79 Å². The summed E-state index contributed by atoms with van der Waals surface area (Å²) in [6.07, 6.45) is 0. The van der Waals surface area contributed by atoms with Crippen LogP contribution in [0.15, 0.2) is 24.3 Å². The van der Waals surface area contributed by atoms with Crippen LogP contribution >= 0.6 is 0 Å². The average molecular weight is 221 g/mol. The van der Waals surface area contributed by atoms with E-state index in [-0.39, 0.29) is 11.7 Å². The Kier molecular flexibility index (Phi) is 4.05. The second-order valence-corrected chi connectivity index (χ2v) is 3.51. The highest BCUT2D eigenvalue weighted by atomic mass is 16.5. The third-order valence-electron chi connectivity index (χ3n) is 2.31. The van der Waals surface area contributed by atoms with Crippen molar-refractivity contribution in [2.45, 2.75) is 19.9 Å². The molecule has 0 aromatic heterocycles. The SMILES string of the molecule is COc1ccccc1C(=O)NC(C)C(C)=O. The highest BCUT2D eigenvalue weighted by Gasteiger charge is 2.15. The first-order valence-electron chi connectivity index (χ1n) is 5.00. The molecule has 0 fully saturated rings. The molecule has 16 heavy (non-hydrogen) atoms. The lowest BCUT2D eigenvalue weighted by Gasteiger charge is -2.12. The molecule has 86 valence electrons. The summed E-state index contributed by atoms with van der Waals surface area (Å²) >= 11 is 0. The van der Waals surface area contributed by atoms with Gasteiger partial charge in [-0.15, -0.1) is 0 Å². The van der Waals surface area contributed by atoms with Crippen LogP contribution in [-0.4, -0.2) is 24.8 Å². The highest BCUT2D eigenvalue weighted by Crippen LogP contribution is 2.16. The summed E-state index contributed by atoms with van der Waals surface area (Å²) < 4.78 is 5.06. The zero-order valence-corrected chi connectivity index (χ0v) is 9.61. The molecule has 1 aromatic rings. The molecular weight excluding hydrogens is 206 g/mol. The van der Waals surface area contributed by atoms with Crippen molar-refractivity contribution in [1.82, 2.24) is 5.32 Å². The summed E-state index contributed by atoms with van der Waals surface area (Å²) in [5, 5.41) is 2.60. The zero-order chi connectivity index (χ0) is 12.1. The Morgan fingerprint density at radius 1 is 1.31 bits per heavy atom. The molecule has 0 saturated carbocycles. The van der Waals surface area contributed by atoms with E-state index in [9.17, 15) is 9.59 Å².